The van der Waals surface area contributed by atoms with E-state index in [0.717, 1.165) is 0 Å². The molecule has 0 aromatic heterocycles. The molecule has 0 radical (unpaired) electrons. The lowest BCUT2D eigenvalue weighted by atomic mass is 10.1. The molecule has 0 atom stereocenters. The number of rotatable bonds is 2. The summed E-state index contributed by atoms with van der Waals surface area (Å²) in [6.45, 7) is 0.240. The molecule has 1 aliphatic rings. The first kappa shape index (κ1) is 9.67. The van der Waals surface area contributed by atoms with Crippen LogP contribution in [0.3, 0.4) is 0 Å². The SMILES string of the molecule is O=[N+]([O-])c1ccc2c(c1)C=C(CO)CO2. The van der Waals surface area contributed by atoms with Crippen molar-refractivity contribution in [1.29, 1.82) is 0 Å². The maximum atomic E-state index is 10.5. The molecular weight excluding hydrogens is 198 g/mol. The fraction of sp³-hybridized carbons (Fsp3) is 0.200. The first-order valence-electron chi connectivity index (χ1n) is 4.42. The van der Waals surface area contributed by atoms with Crippen molar-refractivity contribution in [2.75, 3.05) is 13.2 Å². The molecule has 1 aromatic rings. The van der Waals surface area contributed by atoms with E-state index in [1.807, 2.05) is 0 Å². The van der Waals surface area contributed by atoms with Gasteiger partial charge >= 0.3 is 0 Å². The van der Waals surface area contributed by atoms with Crippen molar-refractivity contribution < 1.29 is 14.8 Å². The van der Waals surface area contributed by atoms with E-state index in [4.69, 9.17) is 9.84 Å². The van der Waals surface area contributed by atoms with Crippen LogP contribution in [0.1, 0.15) is 5.56 Å². The quantitative estimate of drug-likeness (QED) is 0.587. The van der Waals surface area contributed by atoms with E-state index in [9.17, 15) is 10.1 Å². The number of non-ortho nitro benzene ring substituents is 1. The monoisotopic (exact) mass is 207 g/mol. The Hall–Kier alpha value is -1.88. The van der Waals surface area contributed by atoms with E-state index in [2.05, 4.69) is 0 Å². The zero-order valence-electron chi connectivity index (χ0n) is 7.84. The second kappa shape index (κ2) is 3.70. The fourth-order valence-corrected chi connectivity index (χ4v) is 1.42. The smallest absolute Gasteiger partial charge is 0.270 e. The summed E-state index contributed by atoms with van der Waals surface area (Å²) in [5.74, 6) is 0.609. The van der Waals surface area contributed by atoms with Crippen molar-refractivity contribution in [1.82, 2.24) is 0 Å². The summed E-state index contributed by atoms with van der Waals surface area (Å²) in [5.41, 5.74) is 1.37. The molecule has 0 bridgehead atoms. The van der Waals surface area contributed by atoms with Crippen LogP contribution in [0.4, 0.5) is 5.69 Å². The van der Waals surface area contributed by atoms with Crippen LogP contribution in [0, 0.1) is 10.1 Å². The van der Waals surface area contributed by atoms with Crippen LogP contribution in [0.5, 0.6) is 5.75 Å². The molecule has 0 fully saturated rings. The van der Waals surface area contributed by atoms with Crippen LogP contribution in [0.15, 0.2) is 23.8 Å². The molecule has 5 nitrogen and oxygen atoms in total. The minimum Gasteiger partial charge on any atom is -0.489 e. The molecule has 1 N–H and O–H groups in total. The lowest BCUT2D eigenvalue weighted by Crippen LogP contribution is -2.09. The topological polar surface area (TPSA) is 72.6 Å². The summed E-state index contributed by atoms with van der Waals surface area (Å²) in [6, 6.07) is 4.40. The van der Waals surface area contributed by atoms with Gasteiger partial charge in [-0.25, -0.2) is 0 Å². The van der Waals surface area contributed by atoms with Crippen LogP contribution in [0.25, 0.3) is 6.08 Å². The molecule has 0 saturated heterocycles. The van der Waals surface area contributed by atoms with Crippen molar-refractivity contribution >= 4 is 11.8 Å². The highest BCUT2D eigenvalue weighted by Gasteiger charge is 2.14. The van der Waals surface area contributed by atoms with Gasteiger partial charge in [-0.2, -0.15) is 0 Å². The van der Waals surface area contributed by atoms with Crippen LogP contribution < -0.4 is 4.74 Å². The zero-order valence-corrected chi connectivity index (χ0v) is 7.84. The van der Waals surface area contributed by atoms with Crippen LogP contribution >= 0.6 is 0 Å². The van der Waals surface area contributed by atoms with Crippen molar-refractivity contribution in [3.05, 3.63) is 39.4 Å². The Morgan fingerprint density at radius 2 is 2.33 bits per heavy atom. The van der Waals surface area contributed by atoms with Crippen LogP contribution in [-0.2, 0) is 0 Å². The Balaban J connectivity index is 2.44. The van der Waals surface area contributed by atoms with Gasteiger partial charge in [0.2, 0.25) is 0 Å². The predicted molar refractivity (Wildman–Crippen MR) is 53.7 cm³/mol. The van der Waals surface area contributed by atoms with Crippen molar-refractivity contribution in [2.24, 2.45) is 0 Å². The predicted octanol–water partition coefficient (Wildman–Crippen LogP) is 1.36. The van der Waals surface area contributed by atoms with Crippen LogP contribution in [-0.4, -0.2) is 23.2 Å². The summed E-state index contributed by atoms with van der Waals surface area (Å²) in [5, 5.41) is 19.4. The molecule has 1 heterocycles. The second-order valence-electron chi connectivity index (χ2n) is 3.23. The highest BCUT2D eigenvalue weighted by molar-refractivity contribution is 5.65. The third-order valence-electron chi connectivity index (χ3n) is 2.18. The Labute approximate surface area is 85.8 Å². The highest BCUT2D eigenvalue weighted by atomic mass is 16.6. The second-order valence-corrected chi connectivity index (χ2v) is 3.23. The fourth-order valence-electron chi connectivity index (χ4n) is 1.42. The lowest BCUT2D eigenvalue weighted by Gasteiger charge is -2.16. The molecule has 78 valence electrons. The molecule has 1 aliphatic heterocycles. The average Bonchev–Trinajstić information content (AvgIpc) is 2.27. The molecular formula is C10H9NO4. The Bertz CT molecular complexity index is 439. The Morgan fingerprint density at radius 3 is 3.00 bits per heavy atom. The number of aliphatic hydroxyl groups is 1. The number of nitrogens with zero attached hydrogens (tertiary/aromatic N) is 1. The number of aliphatic hydroxyl groups excluding tert-OH is 1. The van der Waals surface area contributed by atoms with Crippen molar-refractivity contribution in [3.63, 3.8) is 0 Å². The van der Waals surface area contributed by atoms with Crippen molar-refractivity contribution in [3.8, 4) is 5.75 Å². The molecule has 2 rings (SSSR count). The Morgan fingerprint density at radius 1 is 1.53 bits per heavy atom. The van der Waals surface area contributed by atoms with E-state index in [0.29, 0.717) is 23.5 Å². The summed E-state index contributed by atoms with van der Waals surface area (Å²) in [7, 11) is 0. The molecule has 0 amide bonds. The average molecular weight is 207 g/mol. The molecule has 0 spiro atoms. The maximum absolute atomic E-state index is 10.5. The molecule has 0 saturated carbocycles. The summed E-state index contributed by atoms with van der Waals surface area (Å²) in [4.78, 5) is 10.1. The van der Waals surface area contributed by atoms with Gasteiger partial charge in [0, 0.05) is 17.7 Å². The third-order valence-corrected chi connectivity index (χ3v) is 2.18. The molecule has 0 aliphatic carbocycles. The number of hydrogen-bond acceptors (Lipinski definition) is 4. The van der Waals surface area contributed by atoms with E-state index in [1.54, 1.807) is 12.1 Å². The van der Waals surface area contributed by atoms with Gasteiger partial charge in [0.15, 0.2) is 0 Å². The number of hydrogen-bond donors (Lipinski definition) is 1. The van der Waals surface area contributed by atoms with Gasteiger partial charge in [-0.05, 0) is 17.7 Å². The normalized spacial score (nSPS) is 13.8. The number of nitro benzene ring substituents is 1. The largest absolute Gasteiger partial charge is 0.489 e. The highest BCUT2D eigenvalue weighted by Crippen LogP contribution is 2.29. The van der Waals surface area contributed by atoms with Gasteiger partial charge in [-0.1, -0.05) is 0 Å². The van der Waals surface area contributed by atoms with E-state index >= 15 is 0 Å². The lowest BCUT2D eigenvalue weighted by molar-refractivity contribution is -0.384. The molecule has 1 aromatic carbocycles. The van der Waals surface area contributed by atoms with Gasteiger partial charge in [0.1, 0.15) is 12.4 Å². The summed E-state index contributed by atoms with van der Waals surface area (Å²) >= 11 is 0. The van der Waals surface area contributed by atoms with Crippen LogP contribution in [0.2, 0.25) is 0 Å². The zero-order chi connectivity index (χ0) is 10.8. The van der Waals surface area contributed by atoms with E-state index in [-0.39, 0.29) is 12.3 Å². The van der Waals surface area contributed by atoms with Gasteiger partial charge in [0.05, 0.1) is 11.5 Å². The number of ether oxygens (including phenoxy) is 1. The van der Waals surface area contributed by atoms with Gasteiger partial charge in [-0.15, -0.1) is 0 Å². The van der Waals surface area contributed by atoms with E-state index in [1.165, 1.54) is 12.1 Å². The molecule has 0 unspecified atom stereocenters. The Kier molecular flexibility index (Phi) is 2.39. The third kappa shape index (κ3) is 1.82. The first-order chi connectivity index (χ1) is 7.20. The van der Waals surface area contributed by atoms with Crippen molar-refractivity contribution in [2.45, 2.75) is 0 Å². The van der Waals surface area contributed by atoms with Gasteiger partial charge in [0.25, 0.3) is 5.69 Å². The molecule has 15 heavy (non-hydrogen) atoms. The number of nitro groups is 1. The minimum absolute atomic E-state index is 0.0211. The number of benzene rings is 1. The maximum Gasteiger partial charge on any atom is 0.270 e. The van der Waals surface area contributed by atoms with E-state index < -0.39 is 4.92 Å². The standard InChI is InChI=1S/C10H9NO4/c12-5-7-3-8-4-9(11(13)14)1-2-10(8)15-6-7/h1-4,12H,5-6H2. The van der Waals surface area contributed by atoms with Gasteiger partial charge in [-0.3, -0.25) is 10.1 Å². The van der Waals surface area contributed by atoms with Gasteiger partial charge < -0.3 is 9.84 Å². The first-order valence-corrected chi connectivity index (χ1v) is 4.42. The minimum atomic E-state index is -0.457. The summed E-state index contributed by atoms with van der Waals surface area (Å²) < 4.78 is 5.31. The molecule has 5 heteroatoms. The summed E-state index contributed by atoms with van der Waals surface area (Å²) in [6.07, 6.45) is 1.71. The number of fused-ring (bicyclic) bond motifs is 1.